The normalized spacial score (nSPS) is 12.5. The SMILES string of the molecule is CC[C@H](C)NC(=O)[C@H](Cc1ccccc1)N(Cc1cccc(OC)c1)C(=O)CN(c1cccc(C)c1)S(=O)(=O)c1ccccc1. The molecule has 2 amide bonds. The van der Waals surface area contributed by atoms with Crippen LogP contribution in [0.25, 0.3) is 0 Å². The Kier molecular flexibility index (Phi) is 11.4. The number of hydrogen-bond acceptors (Lipinski definition) is 5. The lowest BCUT2D eigenvalue weighted by atomic mass is 10.0. The van der Waals surface area contributed by atoms with Crippen molar-refractivity contribution in [1.82, 2.24) is 10.2 Å². The summed E-state index contributed by atoms with van der Waals surface area (Å²) in [5.74, 6) is -0.215. The summed E-state index contributed by atoms with van der Waals surface area (Å²) in [6.07, 6.45) is 0.957. The van der Waals surface area contributed by atoms with Gasteiger partial charge < -0.3 is 15.0 Å². The molecule has 8 nitrogen and oxygen atoms in total. The van der Waals surface area contributed by atoms with E-state index in [1.807, 2.05) is 75.4 Å². The van der Waals surface area contributed by atoms with E-state index in [4.69, 9.17) is 4.74 Å². The Bertz CT molecular complexity index is 1680. The number of methoxy groups -OCH3 is 1. The van der Waals surface area contributed by atoms with Crippen LogP contribution in [0.2, 0.25) is 0 Å². The standard InChI is InChI=1S/C36H41N3O5S/c1-5-28(3)37-36(41)34(24-29-15-8-6-9-16-29)38(25-30-17-13-19-32(23-30)44-4)35(40)26-39(31-18-12-14-27(2)22-31)45(42,43)33-20-10-7-11-21-33/h6-23,28,34H,5,24-26H2,1-4H3,(H,37,41)/t28-,34-/m0/s1. The lowest BCUT2D eigenvalue weighted by Gasteiger charge is -2.34. The highest BCUT2D eigenvalue weighted by molar-refractivity contribution is 7.92. The van der Waals surface area contributed by atoms with Gasteiger partial charge in [-0.2, -0.15) is 0 Å². The number of amides is 2. The minimum Gasteiger partial charge on any atom is -0.497 e. The zero-order valence-corrected chi connectivity index (χ0v) is 27.0. The summed E-state index contributed by atoms with van der Waals surface area (Å²) in [6, 6.07) is 30.8. The van der Waals surface area contributed by atoms with Gasteiger partial charge in [0.05, 0.1) is 17.7 Å². The van der Waals surface area contributed by atoms with Crippen LogP contribution in [0.15, 0.2) is 114 Å². The van der Waals surface area contributed by atoms with Crippen molar-refractivity contribution >= 4 is 27.5 Å². The minimum atomic E-state index is -4.15. The average molecular weight is 628 g/mol. The van der Waals surface area contributed by atoms with Crippen molar-refractivity contribution in [3.8, 4) is 5.75 Å². The first kappa shape index (κ1) is 33.3. The number of benzene rings is 4. The van der Waals surface area contributed by atoms with Gasteiger partial charge in [-0.15, -0.1) is 0 Å². The van der Waals surface area contributed by atoms with E-state index in [-0.39, 0.29) is 29.8 Å². The molecule has 0 aliphatic heterocycles. The summed E-state index contributed by atoms with van der Waals surface area (Å²) < 4.78 is 34.7. The first-order valence-electron chi connectivity index (χ1n) is 15.0. The van der Waals surface area contributed by atoms with Gasteiger partial charge in [0, 0.05) is 19.0 Å². The average Bonchev–Trinajstić information content (AvgIpc) is 3.05. The van der Waals surface area contributed by atoms with E-state index in [9.17, 15) is 18.0 Å². The van der Waals surface area contributed by atoms with Crippen LogP contribution in [0, 0.1) is 6.92 Å². The lowest BCUT2D eigenvalue weighted by molar-refractivity contribution is -0.140. The van der Waals surface area contributed by atoms with Gasteiger partial charge in [0.2, 0.25) is 11.8 Å². The molecule has 2 atom stereocenters. The topological polar surface area (TPSA) is 96.0 Å². The van der Waals surface area contributed by atoms with E-state index in [1.165, 1.54) is 17.0 Å². The highest BCUT2D eigenvalue weighted by Crippen LogP contribution is 2.26. The third kappa shape index (κ3) is 8.73. The van der Waals surface area contributed by atoms with Crippen LogP contribution in [0.4, 0.5) is 5.69 Å². The minimum absolute atomic E-state index is 0.0639. The van der Waals surface area contributed by atoms with Crippen LogP contribution in [0.1, 0.15) is 37.0 Å². The van der Waals surface area contributed by atoms with Crippen molar-refractivity contribution in [3.05, 3.63) is 126 Å². The molecule has 45 heavy (non-hydrogen) atoms. The lowest BCUT2D eigenvalue weighted by Crippen LogP contribution is -2.54. The maximum atomic E-state index is 14.5. The summed E-state index contributed by atoms with van der Waals surface area (Å²) in [5, 5.41) is 3.05. The van der Waals surface area contributed by atoms with E-state index in [1.54, 1.807) is 49.6 Å². The molecular formula is C36H41N3O5S. The molecule has 0 aliphatic carbocycles. The molecule has 0 saturated carbocycles. The van der Waals surface area contributed by atoms with Crippen molar-refractivity contribution < 1.29 is 22.7 Å². The predicted molar refractivity (Wildman–Crippen MR) is 178 cm³/mol. The van der Waals surface area contributed by atoms with Crippen molar-refractivity contribution in [2.75, 3.05) is 18.0 Å². The maximum absolute atomic E-state index is 14.5. The molecule has 0 bridgehead atoms. The number of nitrogens with one attached hydrogen (secondary N) is 1. The predicted octanol–water partition coefficient (Wildman–Crippen LogP) is 5.75. The number of aryl methyl sites for hydroxylation is 1. The van der Waals surface area contributed by atoms with Crippen molar-refractivity contribution in [3.63, 3.8) is 0 Å². The highest BCUT2D eigenvalue weighted by Gasteiger charge is 2.35. The van der Waals surface area contributed by atoms with Crippen LogP contribution in [-0.4, -0.2) is 50.9 Å². The molecule has 0 saturated heterocycles. The molecule has 4 rings (SSSR count). The number of sulfonamides is 1. The quantitative estimate of drug-likeness (QED) is 0.192. The number of rotatable bonds is 14. The van der Waals surface area contributed by atoms with Crippen molar-refractivity contribution in [2.45, 2.75) is 57.1 Å². The molecule has 0 aliphatic rings. The molecule has 0 spiro atoms. The fourth-order valence-corrected chi connectivity index (χ4v) is 6.42. The Labute approximate surface area is 266 Å². The largest absolute Gasteiger partial charge is 0.497 e. The molecule has 9 heteroatoms. The first-order chi connectivity index (χ1) is 21.6. The van der Waals surface area contributed by atoms with Gasteiger partial charge in [0.1, 0.15) is 18.3 Å². The molecule has 236 valence electrons. The number of hydrogen-bond donors (Lipinski definition) is 1. The van der Waals surface area contributed by atoms with Crippen LogP contribution in [0.3, 0.4) is 0 Å². The number of carbonyl (C=O) groups excluding carboxylic acids is 2. The second-order valence-electron chi connectivity index (χ2n) is 11.1. The van der Waals surface area contributed by atoms with Crippen LogP contribution >= 0.6 is 0 Å². The van der Waals surface area contributed by atoms with Crippen LogP contribution in [0.5, 0.6) is 5.75 Å². The Hall–Kier alpha value is -4.63. The third-order valence-corrected chi connectivity index (χ3v) is 9.45. The van der Waals surface area contributed by atoms with E-state index in [0.29, 0.717) is 17.9 Å². The fraction of sp³-hybridized carbons (Fsp3) is 0.278. The second-order valence-corrected chi connectivity index (χ2v) is 12.9. The molecule has 0 unspecified atom stereocenters. The molecule has 4 aromatic carbocycles. The summed E-state index contributed by atoms with van der Waals surface area (Å²) in [5.41, 5.74) is 2.82. The second kappa shape index (κ2) is 15.4. The zero-order valence-electron chi connectivity index (χ0n) is 26.2. The number of nitrogens with zero attached hydrogens (tertiary/aromatic N) is 2. The zero-order chi connectivity index (χ0) is 32.4. The Balaban J connectivity index is 1.81. The number of carbonyl (C=O) groups is 2. The van der Waals surface area contributed by atoms with E-state index in [0.717, 1.165) is 21.0 Å². The summed E-state index contributed by atoms with van der Waals surface area (Å²) in [6.45, 7) is 5.31. The van der Waals surface area contributed by atoms with Gasteiger partial charge >= 0.3 is 0 Å². The number of ether oxygens (including phenoxy) is 1. The van der Waals surface area contributed by atoms with E-state index >= 15 is 0 Å². The highest BCUT2D eigenvalue weighted by atomic mass is 32.2. The van der Waals surface area contributed by atoms with Gasteiger partial charge in [-0.25, -0.2) is 8.42 Å². The molecule has 0 aromatic heterocycles. The van der Waals surface area contributed by atoms with Crippen molar-refractivity contribution in [2.24, 2.45) is 0 Å². The molecule has 0 fully saturated rings. The molecule has 1 N–H and O–H groups in total. The van der Waals surface area contributed by atoms with Gasteiger partial charge in [0.15, 0.2) is 0 Å². The first-order valence-corrected chi connectivity index (χ1v) is 16.5. The van der Waals surface area contributed by atoms with Gasteiger partial charge in [-0.3, -0.25) is 13.9 Å². The molecule has 4 aromatic rings. The Morgan fingerprint density at radius 3 is 2.13 bits per heavy atom. The van der Waals surface area contributed by atoms with Gasteiger partial charge in [-0.05, 0) is 73.4 Å². The summed E-state index contributed by atoms with van der Waals surface area (Å²) in [7, 11) is -2.58. The third-order valence-electron chi connectivity index (χ3n) is 7.66. The number of anilines is 1. The fourth-order valence-electron chi connectivity index (χ4n) is 4.99. The van der Waals surface area contributed by atoms with E-state index < -0.39 is 28.5 Å². The smallest absolute Gasteiger partial charge is 0.264 e. The Morgan fingerprint density at radius 2 is 1.49 bits per heavy atom. The molecular weight excluding hydrogens is 586 g/mol. The van der Waals surface area contributed by atoms with E-state index in [2.05, 4.69) is 5.32 Å². The van der Waals surface area contributed by atoms with Gasteiger partial charge in [0.25, 0.3) is 10.0 Å². The van der Waals surface area contributed by atoms with Crippen molar-refractivity contribution in [1.29, 1.82) is 0 Å². The summed E-state index contributed by atoms with van der Waals surface area (Å²) >= 11 is 0. The van der Waals surface area contributed by atoms with Gasteiger partial charge in [-0.1, -0.05) is 79.7 Å². The maximum Gasteiger partial charge on any atom is 0.264 e. The summed E-state index contributed by atoms with van der Waals surface area (Å²) in [4.78, 5) is 30.0. The molecule has 0 radical (unpaired) electrons. The Morgan fingerprint density at radius 1 is 0.844 bits per heavy atom. The van der Waals surface area contributed by atoms with Crippen LogP contribution < -0.4 is 14.4 Å². The molecule has 0 heterocycles. The van der Waals surface area contributed by atoms with Crippen LogP contribution in [-0.2, 0) is 32.6 Å². The monoisotopic (exact) mass is 627 g/mol.